The van der Waals surface area contributed by atoms with Crippen LogP contribution in [0, 0.1) is 0 Å². The topological polar surface area (TPSA) is 83.6 Å². The maximum absolute atomic E-state index is 11.6. The van der Waals surface area contributed by atoms with Gasteiger partial charge < -0.3 is 10.3 Å². The smallest absolute Gasteiger partial charge is 0.183 e. The number of imidazole rings is 1. The molecule has 0 saturated carbocycles. The molecule has 2 heterocycles. The van der Waals surface area contributed by atoms with Crippen molar-refractivity contribution in [1.29, 1.82) is 0 Å². The quantitative estimate of drug-likeness (QED) is 0.538. The number of fused-ring (bicyclic) bond motifs is 1. The number of benzene rings is 2. The van der Waals surface area contributed by atoms with E-state index in [9.17, 15) is 4.79 Å². The van der Waals surface area contributed by atoms with Gasteiger partial charge in [-0.25, -0.2) is 15.0 Å². The Kier molecular flexibility index (Phi) is 4.15. The number of hydrogen-bond acceptors (Lipinski definition) is 5. The van der Waals surface area contributed by atoms with Crippen LogP contribution in [-0.4, -0.2) is 25.7 Å². The molecule has 0 amide bonds. The van der Waals surface area contributed by atoms with Crippen molar-refractivity contribution >= 4 is 22.8 Å². The highest BCUT2D eigenvalue weighted by Crippen LogP contribution is 2.24. The Morgan fingerprint density at radius 1 is 1.08 bits per heavy atom. The van der Waals surface area contributed by atoms with Crippen LogP contribution in [0.25, 0.3) is 22.6 Å². The molecule has 0 saturated heterocycles. The molecule has 0 spiro atoms. The molecule has 0 bridgehead atoms. The standard InChI is InChI=1S/C20H17N5O/c1-13(26)15-8-5-9-16(10-15)18-24-17-19(22-12-23-20(17)25-18)21-11-14-6-3-2-4-7-14/h2-10,12H,11H2,1H3,(H2,21,22,23,24,25). The molecule has 0 aliphatic heterocycles. The lowest BCUT2D eigenvalue weighted by atomic mass is 10.1. The average Bonchev–Trinajstić information content (AvgIpc) is 3.12. The van der Waals surface area contributed by atoms with Gasteiger partial charge in [-0.1, -0.05) is 48.5 Å². The second-order valence-electron chi connectivity index (χ2n) is 5.98. The van der Waals surface area contributed by atoms with Crippen molar-refractivity contribution in [2.24, 2.45) is 0 Å². The molecule has 0 aliphatic carbocycles. The lowest BCUT2D eigenvalue weighted by Gasteiger charge is -2.05. The first-order valence-corrected chi connectivity index (χ1v) is 8.30. The summed E-state index contributed by atoms with van der Waals surface area (Å²) in [7, 11) is 0. The largest absolute Gasteiger partial charge is 0.364 e. The normalized spacial score (nSPS) is 10.8. The van der Waals surface area contributed by atoms with Gasteiger partial charge in [0.15, 0.2) is 17.2 Å². The number of anilines is 1. The number of ketones is 1. The highest BCUT2D eigenvalue weighted by atomic mass is 16.1. The Hall–Kier alpha value is -3.54. The number of nitrogens with one attached hydrogen (secondary N) is 2. The zero-order valence-corrected chi connectivity index (χ0v) is 14.2. The molecule has 0 atom stereocenters. The van der Waals surface area contributed by atoms with Gasteiger partial charge in [0.1, 0.15) is 17.7 Å². The SMILES string of the molecule is CC(=O)c1cccc(-c2nc3ncnc(NCc4ccccc4)c3[nH]2)c1. The minimum Gasteiger partial charge on any atom is -0.364 e. The summed E-state index contributed by atoms with van der Waals surface area (Å²) in [4.78, 5) is 28.0. The summed E-state index contributed by atoms with van der Waals surface area (Å²) in [6.45, 7) is 2.20. The van der Waals surface area contributed by atoms with Gasteiger partial charge in [0.2, 0.25) is 0 Å². The first kappa shape index (κ1) is 16.0. The van der Waals surface area contributed by atoms with Crippen LogP contribution in [0.5, 0.6) is 0 Å². The number of carbonyl (C=O) groups excluding carboxylic acids is 1. The van der Waals surface area contributed by atoms with Crippen molar-refractivity contribution in [3.8, 4) is 11.4 Å². The van der Waals surface area contributed by atoms with Gasteiger partial charge in [-0.2, -0.15) is 0 Å². The number of rotatable bonds is 5. The number of hydrogen-bond donors (Lipinski definition) is 2. The van der Waals surface area contributed by atoms with E-state index in [-0.39, 0.29) is 5.78 Å². The second-order valence-corrected chi connectivity index (χ2v) is 5.98. The predicted octanol–water partition coefficient (Wildman–Crippen LogP) is 3.83. The molecule has 6 heteroatoms. The zero-order valence-electron chi connectivity index (χ0n) is 14.2. The number of nitrogens with zero attached hydrogens (tertiary/aromatic N) is 3. The third-order valence-electron chi connectivity index (χ3n) is 4.13. The molecule has 4 rings (SSSR count). The number of aromatic nitrogens is 4. The fraction of sp³-hybridized carbons (Fsp3) is 0.100. The molecule has 2 aromatic heterocycles. The van der Waals surface area contributed by atoms with Crippen LogP contribution in [-0.2, 0) is 6.54 Å². The molecular formula is C20H17N5O. The number of aromatic amines is 1. The van der Waals surface area contributed by atoms with Crippen molar-refractivity contribution in [1.82, 2.24) is 19.9 Å². The van der Waals surface area contributed by atoms with Gasteiger partial charge >= 0.3 is 0 Å². The lowest BCUT2D eigenvalue weighted by Crippen LogP contribution is -2.02. The Morgan fingerprint density at radius 3 is 2.73 bits per heavy atom. The molecule has 128 valence electrons. The van der Waals surface area contributed by atoms with Crippen LogP contribution in [0.1, 0.15) is 22.8 Å². The molecule has 2 aromatic carbocycles. The van der Waals surface area contributed by atoms with E-state index in [2.05, 4.69) is 37.4 Å². The first-order chi connectivity index (χ1) is 12.7. The average molecular weight is 343 g/mol. The molecule has 0 aliphatic rings. The monoisotopic (exact) mass is 343 g/mol. The van der Waals surface area contributed by atoms with Gasteiger partial charge in [0, 0.05) is 17.7 Å². The predicted molar refractivity (Wildman–Crippen MR) is 101 cm³/mol. The van der Waals surface area contributed by atoms with E-state index in [0.29, 0.717) is 29.4 Å². The Morgan fingerprint density at radius 2 is 1.92 bits per heavy atom. The van der Waals surface area contributed by atoms with E-state index in [0.717, 1.165) is 16.6 Å². The van der Waals surface area contributed by atoms with E-state index in [1.807, 2.05) is 36.4 Å². The van der Waals surface area contributed by atoms with E-state index in [1.165, 1.54) is 6.33 Å². The van der Waals surface area contributed by atoms with E-state index in [4.69, 9.17) is 0 Å². The highest BCUT2D eigenvalue weighted by molar-refractivity contribution is 5.95. The van der Waals surface area contributed by atoms with Crippen molar-refractivity contribution in [2.75, 3.05) is 5.32 Å². The Labute approximate surface area is 150 Å². The Balaban J connectivity index is 1.67. The van der Waals surface area contributed by atoms with Crippen LogP contribution >= 0.6 is 0 Å². The van der Waals surface area contributed by atoms with E-state index in [1.54, 1.807) is 13.0 Å². The van der Waals surface area contributed by atoms with Crippen LogP contribution in [0.2, 0.25) is 0 Å². The lowest BCUT2D eigenvalue weighted by molar-refractivity contribution is 0.101. The van der Waals surface area contributed by atoms with Gasteiger partial charge in [-0.05, 0) is 18.6 Å². The molecule has 6 nitrogen and oxygen atoms in total. The van der Waals surface area contributed by atoms with Crippen LogP contribution in [0.3, 0.4) is 0 Å². The molecule has 2 N–H and O–H groups in total. The van der Waals surface area contributed by atoms with Gasteiger partial charge in [0.05, 0.1) is 0 Å². The van der Waals surface area contributed by atoms with Crippen molar-refractivity contribution in [3.63, 3.8) is 0 Å². The van der Waals surface area contributed by atoms with Gasteiger partial charge in [-0.15, -0.1) is 0 Å². The van der Waals surface area contributed by atoms with Crippen LogP contribution in [0.15, 0.2) is 60.9 Å². The number of Topliss-reactive ketones (excluding diaryl/α,β-unsaturated/α-hetero) is 1. The fourth-order valence-electron chi connectivity index (χ4n) is 2.77. The first-order valence-electron chi connectivity index (χ1n) is 8.30. The zero-order chi connectivity index (χ0) is 17.9. The summed E-state index contributed by atoms with van der Waals surface area (Å²) in [5.41, 5.74) is 3.97. The molecule has 26 heavy (non-hydrogen) atoms. The highest BCUT2D eigenvalue weighted by Gasteiger charge is 2.12. The Bertz CT molecular complexity index is 1070. The third kappa shape index (κ3) is 3.17. The summed E-state index contributed by atoms with van der Waals surface area (Å²) >= 11 is 0. The van der Waals surface area contributed by atoms with Crippen LogP contribution < -0.4 is 5.32 Å². The van der Waals surface area contributed by atoms with E-state index < -0.39 is 0 Å². The van der Waals surface area contributed by atoms with E-state index >= 15 is 0 Å². The maximum atomic E-state index is 11.6. The van der Waals surface area contributed by atoms with Crippen molar-refractivity contribution in [3.05, 3.63) is 72.1 Å². The minimum atomic E-state index is 0.0213. The third-order valence-corrected chi connectivity index (χ3v) is 4.13. The number of H-pyrrole nitrogens is 1. The van der Waals surface area contributed by atoms with Crippen molar-refractivity contribution in [2.45, 2.75) is 13.5 Å². The van der Waals surface area contributed by atoms with Crippen molar-refractivity contribution < 1.29 is 4.79 Å². The summed E-state index contributed by atoms with van der Waals surface area (Å²) in [6, 6.07) is 17.5. The summed E-state index contributed by atoms with van der Waals surface area (Å²) in [5.74, 6) is 1.37. The molecule has 0 radical (unpaired) electrons. The second kappa shape index (κ2) is 6.76. The molecular weight excluding hydrogens is 326 g/mol. The maximum Gasteiger partial charge on any atom is 0.183 e. The summed E-state index contributed by atoms with van der Waals surface area (Å²) < 4.78 is 0. The summed E-state index contributed by atoms with van der Waals surface area (Å²) in [5, 5.41) is 3.32. The minimum absolute atomic E-state index is 0.0213. The molecule has 0 fully saturated rings. The summed E-state index contributed by atoms with van der Waals surface area (Å²) in [6.07, 6.45) is 1.49. The number of carbonyl (C=O) groups is 1. The molecule has 0 unspecified atom stereocenters. The van der Waals surface area contributed by atoms with Gasteiger partial charge in [0.25, 0.3) is 0 Å². The molecule has 4 aromatic rings. The van der Waals surface area contributed by atoms with Crippen LogP contribution in [0.4, 0.5) is 5.82 Å². The fourth-order valence-corrected chi connectivity index (χ4v) is 2.77. The van der Waals surface area contributed by atoms with Gasteiger partial charge in [-0.3, -0.25) is 4.79 Å².